The van der Waals surface area contributed by atoms with Gasteiger partial charge in [0.25, 0.3) is 5.56 Å². The minimum absolute atomic E-state index is 0. The Morgan fingerprint density at radius 2 is 2.04 bits per heavy atom. The van der Waals surface area contributed by atoms with Crippen LogP contribution in [0.15, 0.2) is 29.1 Å². The quantitative estimate of drug-likeness (QED) is 0.841. The number of H-pyrrole nitrogens is 1. The van der Waals surface area contributed by atoms with Crippen LogP contribution in [0.3, 0.4) is 0 Å². The van der Waals surface area contributed by atoms with E-state index in [0.29, 0.717) is 41.8 Å². The van der Waals surface area contributed by atoms with Crippen LogP contribution in [0.25, 0.3) is 10.9 Å². The van der Waals surface area contributed by atoms with E-state index in [-0.39, 0.29) is 29.9 Å². The zero-order valence-electron chi connectivity index (χ0n) is 15.6. The van der Waals surface area contributed by atoms with Crippen molar-refractivity contribution in [2.75, 3.05) is 6.54 Å². The van der Waals surface area contributed by atoms with Gasteiger partial charge in [0.1, 0.15) is 5.82 Å². The van der Waals surface area contributed by atoms with Crippen LogP contribution >= 0.6 is 12.4 Å². The summed E-state index contributed by atoms with van der Waals surface area (Å²) < 4.78 is 0. The van der Waals surface area contributed by atoms with Gasteiger partial charge in [-0.1, -0.05) is 25.0 Å². The monoisotopic (exact) mass is 390 g/mol. The number of rotatable bonds is 4. The molecule has 27 heavy (non-hydrogen) atoms. The van der Waals surface area contributed by atoms with Crippen molar-refractivity contribution in [3.05, 3.63) is 40.4 Å². The highest BCUT2D eigenvalue weighted by Crippen LogP contribution is 2.33. The van der Waals surface area contributed by atoms with E-state index >= 15 is 0 Å². The Morgan fingerprint density at radius 1 is 1.26 bits per heavy atom. The molecule has 0 spiro atoms. The highest BCUT2D eigenvalue weighted by Gasteiger charge is 2.39. The molecule has 1 aliphatic carbocycles. The molecule has 2 heterocycles. The lowest BCUT2D eigenvalue weighted by Gasteiger charge is -2.25. The van der Waals surface area contributed by atoms with Crippen LogP contribution in [0, 0.1) is 5.92 Å². The number of hydrogen-bond acceptors (Lipinski definition) is 4. The van der Waals surface area contributed by atoms with Crippen molar-refractivity contribution in [1.29, 1.82) is 0 Å². The molecule has 6 nitrogen and oxygen atoms in total. The van der Waals surface area contributed by atoms with E-state index in [1.54, 1.807) is 11.0 Å². The maximum Gasteiger partial charge on any atom is 0.258 e. The number of para-hydroxylation sites is 1. The van der Waals surface area contributed by atoms with Gasteiger partial charge in [-0.25, -0.2) is 4.98 Å². The van der Waals surface area contributed by atoms with Crippen molar-refractivity contribution in [2.45, 2.75) is 57.7 Å². The van der Waals surface area contributed by atoms with E-state index in [1.807, 2.05) is 25.1 Å². The molecule has 2 aliphatic rings. The molecule has 1 amide bonds. The van der Waals surface area contributed by atoms with E-state index in [1.165, 1.54) is 25.7 Å². The van der Waals surface area contributed by atoms with E-state index in [9.17, 15) is 9.59 Å². The number of amides is 1. The molecule has 3 atom stereocenters. The van der Waals surface area contributed by atoms with Gasteiger partial charge in [-0.15, -0.1) is 12.4 Å². The molecule has 0 bridgehead atoms. The van der Waals surface area contributed by atoms with Crippen molar-refractivity contribution < 1.29 is 4.79 Å². The lowest BCUT2D eigenvalue weighted by molar-refractivity contribution is -0.133. The molecular weight excluding hydrogens is 364 g/mol. The second kappa shape index (κ2) is 8.40. The molecule has 1 saturated carbocycles. The summed E-state index contributed by atoms with van der Waals surface area (Å²) in [5, 5.41) is 4.13. The van der Waals surface area contributed by atoms with Gasteiger partial charge in [0.05, 0.1) is 23.5 Å². The zero-order chi connectivity index (χ0) is 18.1. The number of fused-ring (bicyclic) bond motifs is 2. The van der Waals surface area contributed by atoms with E-state index in [4.69, 9.17) is 0 Å². The molecule has 4 rings (SSSR count). The van der Waals surface area contributed by atoms with Gasteiger partial charge in [0, 0.05) is 12.6 Å². The molecule has 7 heteroatoms. The number of hydrogen-bond donors (Lipinski definition) is 2. The first kappa shape index (κ1) is 19.8. The number of likely N-dealkylation sites (N-methyl/N-ethyl adjacent to an activating group) is 1. The van der Waals surface area contributed by atoms with Crippen molar-refractivity contribution in [1.82, 2.24) is 20.2 Å². The number of aromatic amines is 1. The van der Waals surface area contributed by atoms with Crippen LogP contribution in [-0.4, -0.2) is 39.4 Å². The highest BCUT2D eigenvalue weighted by atomic mass is 35.5. The summed E-state index contributed by atoms with van der Waals surface area (Å²) in [6.45, 7) is 2.91. The number of halogens is 1. The fourth-order valence-electron chi connectivity index (χ4n) is 4.47. The Labute approximate surface area is 165 Å². The van der Waals surface area contributed by atoms with Crippen LogP contribution < -0.4 is 10.9 Å². The SMILES string of the molecule is CCN(Cc1nc2ccccc2c(=O)[nH]1)C(=O)C1CC2CCCCC2N1.Cl. The Hall–Kier alpha value is -1.92. The van der Waals surface area contributed by atoms with Crippen LogP contribution in [0.5, 0.6) is 0 Å². The second-order valence-corrected chi connectivity index (χ2v) is 7.49. The summed E-state index contributed by atoms with van der Waals surface area (Å²) in [7, 11) is 0. The molecule has 2 N–H and O–H groups in total. The number of benzene rings is 1. The predicted molar refractivity (Wildman–Crippen MR) is 108 cm³/mol. The van der Waals surface area contributed by atoms with Gasteiger partial charge in [-0.3, -0.25) is 9.59 Å². The Bertz CT molecular complexity index is 854. The van der Waals surface area contributed by atoms with Crippen molar-refractivity contribution >= 4 is 29.2 Å². The summed E-state index contributed by atoms with van der Waals surface area (Å²) in [5.41, 5.74) is 0.513. The smallest absolute Gasteiger partial charge is 0.258 e. The molecule has 3 unspecified atom stereocenters. The number of carbonyl (C=O) groups excluding carboxylic acids is 1. The van der Waals surface area contributed by atoms with Crippen molar-refractivity contribution in [3.63, 3.8) is 0 Å². The average Bonchev–Trinajstić information content (AvgIpc) is 3.10. The average molecular weight is 391 g/mol. The molecule has 146 valence electrons. The summed E-state index contributed by atoms with van der Waals surface area (Å²) in [6.07, 6.45) is 5.88. The lowest BCUT2D eigenvalue weighted by atomic mass is 9.85. The number of carbonyl (C=O) groups is 1. The minimum atomic E-state index is -0.154. The van der Waals surface area contributed by atoms with Gasteiger partial charge < -0.3 is 15.2 Å². The normalized spacial score (nSPS) is 24.3. The molecule has 1 aromatic carbocycles. The minimum Gasteiger partial charge on any atom is -0.334 e. The van der Waals surface area contributed by atoms with E-state index in [0.717, 1.165) is 6.42 Å². The first-order valence-corrected chi connectivity index (χ1v) is 9.68. The van der Waals surface area contributed by atoms with Gasteiger partial charge in [0.15, 0.2) is 0 Å². The molecule has 1 aliphatic heterocycles. The van der Waals surface area contributed by atoms with Crippen molar-refractivity contribution in [2.24, 2.45) is 5.92 Å². The third kappa shape index (κ3) is 4.01. The highest BCUT2D eigenvalue weighted by molar-refractivity contribution is 5.85. The van der Waals surface area contributed by atoms with Crippen LogP contribution in [-0.2, 0) is 11.3 Å². The standard InChI is InChI=1S/C20H26N4O2.ClH/c1-2-24(20(26)17-11-13-7-3-5-9-15(13)21-17)12-18-22-16-10-6-4-8-14(16)19(25)23-18;/h4,6,8,10,13,15,17,21H,2-3,5,7,9,11-12H2,1H3,(H,22,23,25);1H. The van der Waals surface area contributed by atoms with Crippen LogP contribution in [0.1, 0.15) is 44.9 Å². The van der Waals surface area contributed by atoms with Gasteiger partial charge in [0.2, 0.25) is 5.91 Å². The third-order valence-electron chi connectivity index (χ3n) is 5.86. The molecule has 1 saturated heterocycles. The number of nitrogens with one attached hydrogen (secondary N) is 2. The first-order chi connectivity index (χ1) is 12.7. The summed E-state index contributed by atoms with van der Waals surface area (Å²) >= 11 is 0. The Kier molecular flexibility index (Phi) is 6.17. The topological polar surface area (TPSA) is 78.1 Å². The molecule has 2 fully saturated rings. The summed E-state index contributed by atoms with van der Waals surface area (Å²) in [5.74, 6) is 1.30. The fraction of sp³-hybridized carbons (Fsp3) is 0.550. The Balaban J connectivity index is 0.00000210. The summed E-state index contributed by atoms with van der Waals surface area (Å²) in [4.78, 5) is 34.4. The first-order valence-electron chi connectivity index (χ1n) is 9.68. The molecular formula is C20H27ClN4O2. The zero-order valence-corrected chi connectivity index (χ0v) is 16.4. The third-order valence-corrected chi connectivity index (χ3v) is 5.86. The maximum atomic E-state index is 13.0. The van der Waals surface area contributed by atoms with Gasteiger partial charge in [-0.2, -0.15) is 0 Å². The summed E-state index contributed by atoms with van der Waals surface area (Å²) in [6, 6.07) is 7.68. The lowest BCUT2D eigenvalue weighted by Crippen LogP contribution is -2.45. The number of aromatic nitrogens is 2. The van der Waals surface area contributed by atoms with Crippen LogP contribution in [0.2, 0.25) is 0 Å². The Morgan fingerprint density at radius 3 is 2.81 bits per heavy atom. The predicted octanol–water partition coefficient (Wildman–Crippen LogP) is 2.61. The van der Waals surface area contributed by atoms with Gasteiger partial charge >= 0.3 is 0 Å². The van der Waals surface area contributed by atoms with Crippen molar-refractivity contribution in [3.8, 4) is 0 Å². The molecule has 2 aromatic rings. The largest absolute Gasteiger partial charge is 0.334 e. The van der Waals surface area contributed by atoms with E-state index in [2.05, 4.69) is 15.3 Å². The molecule has 1 aromatic heterocycles. The van der Waals surface area contributed by atoms with Crippen LogP contribution in [0.4, 0.5) is 0 Å². The van der Waals surface area contributed by atoms with Gasteiger partial charge in [-0.05, 0) is 44.2 Å². The number of nitrogens with zero attached hydrogens (tertiary/aromatic N) is 2. The van der Waals surface area contributed by atoms with E-state index < -0.39 is 0 Å². The fourth-order valence-corrected chi connectivity index (χ4v) is 4.47. The second-order valence-electron chi connectivity index (χ2n) is 7.49. The maximum absolute atomic E-state index is 13.0. The molecule has 0 radical (unpaired) electrons.